The summed E-state index contributed by atoms with van der Waals surface area (Å²) >= 11 is 0. The molecule has 21 heavy (non-hydrogen) atoms. The van der Waals surface area contributed by atoms with Crippen LogP contribution in [0.3, 0.4) is 0 Å². The zero-order valence-corrected chi connectivity index (χ0v) is 12.3. The van der Waals surface area contributed by atoms with Crippen molar-refractivity contribution in [3.05, 3.63) is 41.6 Å². The topological polar surface area (TPSA) is 58.4 Å². The summed E-state index contributed by atoms with van der Waals surface area (Å²) in [5.74, 6) is -0.208. The van der Waals surface area contributed by atoms with Crippen LogP contribution in [0.25, 0.3) is 5.69 Å². The molecule has 1 N–H and O–H groups in total. The van der Waals surface area contributed by atoms with E-state index in [-0.39, 0.29) is 0 Å². The maximum atomic E-state index is 11.7. The van der Waals surface area contributed by atoms with E-state index >= 15 is 0 Å². The maximum Gasteiger partial charge on any atom is 0.341 e. The van der Waals surface area contributed by atoms with Crippen molar-refractivity contribution in [2.75, 3.05) is 11.4 Å². The number of nitrogens with zero attached hydrogens (tertiary/aromatic N) is 3. The van der Waals surface area contributed by atoms with Crippen LogP contribution in [0.15, 0.2) is 30.3 Å². The van der Waals surface area contributed by atoms with Gasteiger partial charge in [0.1, 0.15) is 11.4 Å². The SMILES string of the molecule is CCN(c1c(C(=O)O)c(C)nn1-c1ccccc1)C1CC1. The second kappa shape index (κ2) is 5.24. The molecule has 0 radical (unpaired) electrons. The molecule has 5 nitrogen and oxygen atoms in total. The zero-order valence-electron chi connectivity index (χ0n) is 12.3. The van der Waals surface area contributed by atoms with Gasteiger partial charge in [-0.1, -0.05) is 18.2 Å². The Kier molecular flexibility index (Phi) is 3.41. The lowest BCUT2D eigenvalue weighted by Gasteiger charge is -2.24. The largest absolute Gasteiger partial charge is 0.477 e. The lowest BCUT2D eigenvalue weighted by Crippen LogP contribution is -2.29. The number of benzene rings is 1. The monoisotopic (exact) mass is 285 g/mol. The van der Waals surface area contributed by atoms with Crippen molar-refractivity contribution in [3.8, 4) is 5.69 Å². The summed E-state index contributed by atoms with van der Waals surface area (Å²) in [4.78, 5) is 13.8. The number of carboxylic acid groups (broad SMARTS) is 1. The Hall–Kier alpha value is -2.30. The van der Waals surface area contributed by atoms with Gasteiger partial charge >= 0.3 is 5.97 Å². The number of hydrogen-bond donors (Lipinski definition) is 1. The van der Waals surface area contributed by atoms with E-state index in [4.69, 9.17) is 0 Å². The van der Waals surface area contributed by atoms with Gasteiger partial charge < -0.3 is 10.0 Å². The molecule has 1 aromatic carbocycles. The molecule has 1 aliphatic carbocycles. The number of aromatic nitrogens is 2. The Labute approximate surface area is 123 Å². The molecule has 0 spiro atoms. The van der Waals surface area contributed by atoms with Crippen LogP contribution in [0.1, 0.15) is 35.8 Å². The van der Waals surface area contributed by atoms with Crippen LogP contribution in [0.5, 0.6) is 0 Å². The summed E-state index contributed by atoms with van der Waals surface area (Å²) in [6.07, 6.45) is 2.23. The molecular formula is C16H19N3O2. The summed E-state index contributed by atoms with van der Waals surface area (Å²) < 4.78 is 1.76. The number of aryl methyl sites for hydroxylation is 1. The Bertz CT molecular complexity index is 660. The fourth-order valence-electron chi connectivity index (χ4n) is 2.75. The van der Waals surface area contributed by atoms with Gasteiger partial charge in [0.2, 0.25) is 0 Å². The fourth-order valence-corrected chi connectivity index (χ4v) is 2.75. The highest BCUT2D eigenvalue weighted by atomic mass is 16.4. The number of hydrogen-bond acceptors (Lipinski definition) is 3. The molecule has 0 bridgehead atoms. The zero-order chi connectivity index (χ0) is 15.0. The molecule has 0 saturated heterocycles. The number of carboxylic acids is 1. The molecule has 2 aromatic rings. The van der Waals surface area contributed by atoms with Crippen molar-refractivity contribution in [2.24, 2.45) is 0 Å². The second-order valence-electron chi connectivity index (χ2n) is 5.35. The van der Waals surface area contributed by atoms with E-state index in [1.54, 1.807) is 11.6 Å². The maximum absolute atomic E-state index is 11.7. The molecule has 1 aromatic heterocycles. The highest BCUT2D eigenvalue weighted by molar-refractivity contribution is 5.95. The first-order valence-electron chi connectivity index (χ1n) is 7.28. The van der Waals surface area contributed by atoms with Crippen LogP contribution >= 0.6 is 0 Å². The normalized spacial score (nSPS) is 14.2. The smallest absolute Gasteiger partial charge is 0.341 e. The van der Waals surface area contributed by atoms with Crippen LogP contribution in [0.4, 0.5) is 5.82 Å². The molecule has 0 unspecified atom stereocenters. The Morgan fingerprint density at radius 3 is 2.57 bits per heavy atom. The van der Waals surface area contributed by atoms with Crippen molar-refractivity contribution < 1.29 is 9.90 Å². The molecule has 0 aliphatic heterocycles. The fraction of sp³-hybridized carbons (Fsp3) is 0.375. The minimum atomic E-state index is -0.913. The Balaban J connectivity index is 2.20. The van der Waals surface area contributed by atoms with E-state index in [1.807, 2.05) is 30.3 Å². The molecule has 1 aliphatic rings. The van der Waals surface area contributed by atoms with Gasteiger partial charge in [-0.15, -0.1) is 0 Å². The van der Waals surface area contributed by atoms with Crippen molar-refractivity contribution in [3.63, 3.8) is 0 Å². The minimum Gasteiger partial charge on any atom is -0.477 e. The van der Waals surface area contributed by atoms with Crippen molar-refractivity contribution in [1.29, 1.82) is 0 Å². The lowest BCUT2D eigenvalue weighted by atomic mass is 10.2. The quantitative estimate of drug-likeness (QED) is 0.917. The number of aromatic carboxylic acids is 1. The number of para-hydroxylation sites is 1. The third kappa shape index (κ3) is 2.39. The summed E-state index contributed by atoms with van der Waals surface area (Å²) in [5.41, 5.74) is 1.76. The Morgan fingerprint density at radius 1 is 1.38 bits per heavy atom. The van der Waals surface area contributed by atoms with Gasteiger partial charge in [0.05, 0.1) is 11.4 Å². The van der Waals surface area contributed by atoms with E-state index in [1.165, 1.54) is 0 Å². The van der Waals surface area contributed by atoms with Crippen molar-refractivity contribution >= 4 is 11.8 Å². The standard InChI is InChI=1S/C16H19N3O2/c1-3-18(12-9-10-12)15-14(16(20)21)11(2)17-19(15)13-7-5-4-6-8-13/h4-8,12H,3,9-10H2,1-2H3,(H,20,21). The molecule has 0 amide bonds. The van der Waals surface area contributed by atoms with Gasteiger partial charge in [-0.25, -0.2) is 9.48 Å². The lowest BCUT2D eigenvalue weighted by molar-refractivity contribution is 0.0697. The predicted octanol–water partition coefficient (Wildman–Crippen LogP) is 2.87. The van der Waals surface area contributed by atoms with Gasteiger partial charge in [-0.05, 0) is 38.8 Å². The van der Waals surface area contributed by atoms with Crippen LogP contribution < -0.4 is 4.90 Å². The average molecular weight is 285 g/mol. The first kappa shape index (κ1) is 13.7. The predicted molar refractivity (Wildman–Crippen MR) is 81.3 cm³/mol. The third-order valence-corrected chi connectivity index (χ3v) is 3.85. The van der Waals surface area contributed by atoms with Gasteiger partial charge in [-0.3, -0.25) is 0 Å². The summed E-state index contributed by atoms with van der Waals surface area (Å²) in [7, 11) is 0. The molecular weight excluding hydrogens is 266 g/mol. The number of carbonyl (C=O) groups is 1. The summed E-state index contributed by atoms with van der Waals surface area (Å²) in [5, 5.41) is 14.0. The van der Waals surface area contributed by atoms with Gasteiger partial charge in [0.15, 0.2) is 0 Å². The van der Waals surface area contributed by atoms with Crippen molar-refractivity contribution in [2.45, 2.75) is 32.7 Å². The summed E-state index contributed by atoms with van der Waals surface area (Å²) in [6, 6.07) is 10.1. The van der Waals surface area contributed by atoms with Gasteiger partial charge in [-0.2, -0.15) is 5.10 Å². The molecule has 110 valence electrons. The van der Waals surface area contributed by atoms with Crippen molar-refractivity contribution in [1.82, 2.24) is 9.78 Å². The van der Waals surface area contributed by atoms with Crippen LogP contribution in [-0.4, -0.2) is 33.4 Å². The van der Waals surface area contributed by atoms with Crippen LogP contribution in [0, 0.1) is 6.92 Å². The van der Waals surface area contributed by atoms with Gasteiger partial charge in [0.25, 0.3) is 0 Å². The first-order valence-corrected chi connectivity index (χ1v) is 7.28. The molecule has 1 fully saturated rings. The van der Waals surface area contributed by atoms with E-state index in [9.17, 15) is 9.90 Å². The number of rotatable bonds is 5. The Morgan fingerprint density at radius 2 is 2.05 bits per heavy atom. The minimum absolute atomic E-state index is 0.313. The van der Waals surface area contributed by atoms with Crippen LogP contribution in [0.2, 0.25) is 0 Å². The highest BCUT2D eigenvalue weighted by Gasteiger charge is 2.34. The van der Waals surface area contributed by atoms with E-state index < -0.39 is 5.97 Å². The average Bonchev–Trinajstić information content (AvgIpc) is 3.24. The first-order chi connectivity index (χ1) is 10.1. The van der Waals surface area contributed by atoms with Crippen LogP contribution in [-0.2, 0) is 0 Å². The van der Waals surface area contributed by atoms with E-state index in [0.717, 1.165) is 25.1 Å². The van der Waals surface area contributed by atoms with E-state index in [0.29, 0.717) is 23.1 Å². The second-order valence-corrected chi connectivity index (χ2v) is 5.35. The molecule has 3 rings (SSSR count). The van der Waals surface area contributed by atoms with E-state index in [2.05, 4.69) is 16.9 Å². The molecule has 1 heterocycles. The molecule has 5 heteroatoms. The number of anilines is 1. The van der Waals surface area contributed by atoms with Gasteiger partial charge in [0, 0.05) is 12.6 Å². The highest BCUT2D eigenvalue weighted by Crippen LogP contribution is 2.35. The summed E-state index contributed by atoms with van der Waals surface area (Å²) in [6.45, 7) is 4.59. The molecule has 1 saturated carbocycles. The molecule has 0 atom stereocenters. The third-order valence-electron chi connectivity index (χ3n) is 3.85.